The molecule has 2 aromatic heterocycles. The van der Waals surface area contributed by atoms with Gasteiger partial charge in [-0.05, 0) is 43.7 Å². The van der Waals surface area contributed by atoms with Crippen molar-refractivity contribution in [2.75, 3.05) is 25.0 Å². The maximum atomic E-state index is 12.8. The van der Waals surface area contributed by atoms with Gasteiger partial charge in [-0.3, -0.25) is 9.36 Å². The molecular weight excluding hydrogens is 352 g/mol. The smallest absolute Gasteiger partial charge is 0.261 e. The van der Waals surface area contributed by atoms with E-state index >= 15 is 0 Å². The Labute approximate surface area is 163 Å². The monoisotopic (exact) mass is 376 g/mol. The van der Waals surface area contributed by atoms with Gasteiger partial charge in [-0.15, -0.1) is 5.10 Å². The fourth-order valence-corrected chi connectivity index (χ4v) is 4.44. The van der Waals surface area contributed by atoms with E-state index < -0.39 is 0 Å². The Morgan fingerprint density at radius 1 is 1.11 bits per heavy atom. The third kappa shape index (κ3) is 2.77. The van der Waals surface area contributed by atoms with Crippen LogP contribution in [0, 0.1) is 0 Å². The number of hydrogen-bond acceptors (Lipinski definition) is 6. The van der Waals surface area contributed by atoms with Crippen LogP contribution in [0.2, 0.25) is 0 Å². The predicted molar refractivity (Wildman–Crippen MR) is 108 cm³/mol. The van der Waals surface area contributed by atoms with E-state index in [1.807, 2.05) is 31.3 Å². The first-order chi connectivity index (χ1) is 13.6. The molecule has 3 aromatic rings. The molecule has 4 heterocycles. The first kappa shape index (κ1) is 17.3. The topological polar surface area (TPSA) is 67.2 Å². The van der Waals surface area contributed by atoms with Gasteiger partial charge in [-0.25, -0.2) is 4.98 Å². The fourth-order valence-electron chi connectivity index (χ4n) is 4.44. The second-order valence-electron chi connectivity index (χ2n) is 7.86. The first-order valence-electron chi connectivity index (χ1n) is 9.88. The molecule has 7 nitrogen and oxygen atoms in total. The summed E-state index contributed by atoms with van der Waals surface area (Å²) in [7, 11) is 3.96. The fraction of sp³-hybridized carbons (Fsp3) is 0.429. The summed E-state index contributed by atoms with van der Waals surface area (Å²) in [5, 5.41) is 9.70. The van der Waals surface area contributed by atoms with Crippen molar-refractivity contribution >= 4 is 16.7 Å². The summed E-state index contributed by atoms with van der Waals surface area (Å²) >= 11 is 0. The highest BCUT2D eigenvalue weighted by Gasteiger charge is 2.31. The van der Waals surface area contributed by atoms with Crippen LogP contribution in [-0.4, -0.2) is 44.8 Å². The van der Waals surface area contributed by atoms with Crippen LogP contribution in [-0.2, 0) is 20.0 Å². The van der Waals surface area contributed by atoms with Gasteiger partial charge < -0.3 is 9.80 Å². The van der Waals surface area contributed by atoms with Crippen molar-refractivity contribution in [2.45, 2.75) is 31.8 Å². The number of para-hydroxylation sites is 1. The van der Waals surface area contributed by atoms with E-state index in [-0.39, 0.29) is 11.6 Å². The normalized spacial score (nSPS) is 19.9. The van der Waals surface area contributed by atoms with Crippen LogP contribution in [0.25, 0.3) is 10.9 Å². The van der Waals surface area contributed by atoms with Gasteiger partial charge in [0.05, 0.1) is 22.6 Å². The number of aromatic nitrogens is 4. The number of hydrogen-bond donors (Lipinski definition) is 0. The molecule has 0 radical (unpaired) electrons. The van der Waals surface area contributed by atoms with E-state index in [4.69, 9.17) is 4.98 Å². The molecule has 0 N–H and O–H groups in total. The lowest BCUT2D eigenvalue weighted by Gasteiger charge is -2.29. The van der Waals surface area contributed by atoms with Crippen molar-refractivity contribution in [2.24, 2.45) is 7.05 Å². The maximum Gasteiger partial charge on any atom is 0.261 e. The minimum Gasteiger partial charge on any atom is -0.345 e. The SMILES string of the molecule is CN1CCc2nnc(N3CCCC3c3nc4ccccc4c(=O)n3C)cc2C1. The lowest BCUT2D eigenvalue weighted by molar-refractivity contribution is 0.308. The molecular formula is C21H24N6O. The summed E-state index contributed by atoms with van der Waals surface area (Å²) in [5.74, 6) is 1.69. The molecule has 0 bridgehead atoms. The average Bonchev–Trinajstić information content (AvgIpc) is 3.19. The van der Waals surface area contributed by atoms with Gasteiger partial charge in [0.1, 0.15) is 5.82 Å². The number of anilines is 1. The molecule has 28 heavy (non-hydrogen) atoms. The van der Waals surface area contributed by atoms with Gasteiger partial charge in [0.2, 0.25) is 0 Å². The Hall–Kier alpha value is -2.80. The highest BCUT2D eigenvalue weighted by atomic mass is 16.1. The quantitative estimate of drug-likeness (QED) is 0.682. The van der Waals surface area contributed by atoms with Gasteiger partial charge in [0.15, 0.2) is 5.82 Å². The largest absolute Gasteiger partial charge is 0.345 e. The summed E-state index contributed by atoms with van der Waals surface area (Å²) in [6.07, 6.45) is 2.95. The van der Waals surface area contributed by atoms with Crippen molar-refractivity contribution < 1.29 is 0 Å². The Morgan fingerprint density at radius 3 is 2.86 bits per heavy atom. The molecule has 1 unspecified atom stereocenters. The summed E-state index contributed by atoms with van der Waals surface area (Å²) in [6, 6.07) is 9.77. The van der Waals surface area contributed by atoms with E-state index in [0.29, 0.717) is 5.39 Å². The maximum absolute atomic E-state index is 12.8. The minimum atomic E-state index is 0.00519. The number of benzene rings is 1. The van der Waals surface area contributed by atoms with Gasteiger partial charge in [-0.2, -0.15) is 5.10 Å². The minimum absolute atomic E-state index is 0.00519. The van der Waals surface area contributed by atoms with Crippen LogP contribution in [0.5, 0.6) is 0 Å². The number of fused-ring (bicyclic) bond motifs is 2. The molecule has 1 fully saturated rings. The number of rotatable bonds is 2. The third-order valence-electron chi connectivity index (χ3n) is 5.98. The van der Waals surface area contributed by atoms with Crippen molar-refractivity contribution in [3.63, 3.8) is 0 Å². The summed E-state index contributed by atoms with van der Waals surface area (Å²) < 4.78 is 1.70. The highest BCUT2D eigenvalue weighted by molar-refractivity contribution is 5.77. The summed E-state index contributed by atoms with van der Waals surface area (Å²) in [4.78, 5) is 22.3. The highest BCUT2D eigenvalue weighted by Crippen LogP contribution is 2.35. The van der Waals surface area contributed by atoms with E-state index in [9.17, 15) is 4.79 Å². The standard InChI is InChI=1S/C21H24N6O/c1-25-11-9-16-14(13-25)12-19(24-23-16)27-10-5-8-18(27)20-22-17-7-4-3-6-15(17)21(28)26(20)2/h3-4,6-7,12,18H,5,8-11,13H2,1-2H3. The first-order valence-corrected chi connectivity index (χ1v) is 9.88. The second kappa shape index (κ2) is 6.67. The van der Waals surface area contributed by atoms with Crippen LogP contribution in [0.15, 0.2) is 35.1 Å². The zero-order chi connectivity index (χ0) is 19.3. The van der Waals surface area contributed by atoms with Gasteiger partial charge in [0.25, 0.3) is 5.56 Å². The van der Waals surface area contributed by atoms with E-state index in [1.54, 1.807) is 4.57 Å². The second-order valence-corrected chi connectivity index (χ2v) is 7.86. The molecule has 0 amide bonds. The molecule has 1 atom stereocenters. The molecule has 1 saturated heterocycles. The zero-order valence-corrected chi connectivity index (χ0v) is 16.3. The zero-order valence-electron chi connectivity index (χ0n) is 16.3. The van der Waals surface area contributed by atoms with Crippen molar-refractivity contribution in [1.29, 1.82) is 0 Å². The predicted octanol–water partition coefficient (Wildman–Crippen LogP) is 2.05. The van der Waals surface area contributed by atoms with E-state index in [2.05, 4.69) is 33.1 Å². The van der Waals surface area contributed by atoms with Crippen LogP contribution >= 0.6 is 0 Å². The number of nitrogens with zero attached hydrogens (tertiary/aromatic N) is 6. The molecule has 7 heteroatoms. The molecule has 2 aliphatic rings. The molecule has 1 aromatic carbocycles. The van der Waals surface area contributed by atoms with E-state index in [1.165, 1.54) is 5.56 Å². The van der Waals surface area contributed by atoms with Crippen molar-refractivity contribution in [3.05, 3.63) is 57.8 Å². The Morgan fingerprint density at radius 2 is 1.96 bits per heavy atom. The Bertz CT molecular complexity index is 1110. The van der Waals surface area contributed by atoms with Crippen LogP contribution in [0.1, 0.15) is 36.0 Å². The molecule has 0 aliphatic carbocycles. The van der Waals surface area contributed by atoms with Crippen molar-refractivity contribution in [1.82, 2.24) is 24.6 Å². The third-order valence-corrected chi connectivity index (χ3v) is 5.98. The lowest BCUT2D eigenvalue weighted by atomic mass is 10.1. The van der Waals surface area contributed by atoms with Gasteiger partial charge in [0, 0.05) is 33.1 Å². The lowest BCUT2D eigenvalue weighted by Crippen LogP contribution is -2.32. The molecule has 2 aliphatic heterocycles. The average molecular weight is 376 g/mol. The summed E-state index contributed by atoms with van der Waals surface area (Å²) in [5.41, 5.74) is 3.12. The Balaban J connectivity index is 1.57. The Kier molecular flexibility index (Phi) is 4.12. The van der Waals surface area contributed by atoms with Gasteiger partial charge in [-0.1, -0.05) is 12.1 Å². The van der Waals surface area contributed by atoms with Crippen LogP contribution < -0.4 is 10.5 Å². The molecule has 0 saturated carbocycles. The van der Waals surface area contributed by atoms with E-state index in [0.717, 1.165) is 61.7 Å². The molecule has 5 rings (SSSR count). The number of likely N-dealkylation sites (N-methyl/N-ethyl adjacent to an activating group) is 1. The molecule has 144 valence electrons. The van der Waals surface area contributed by atoms with Crippen LogP contribution in [0.4, 0.5) is 5.82 Å². The van der Waals surface area contributed by atoms with Crippen LogP contribution in [0.3, 0.4) is 0 Å². The van der Waals surface area contributed by atoms with Crippen molar-refractivity contribution in [3.8, 4) is 0 Å². The summed E-state index contributed by atoms with van der Waals surface area (Å²) in [6.45, 7) is 2.83. The molecule has 0 spiro atoms. The van der Waals surface area contributed by atoms with Gasteiger partial charge >= 0.3 is 0 Å².